The van der Waals surface area contributed by atoms with E-state index in [4.69, 9.17) is 14.2 Å². The lowest BCUT2D eigenvalue weighted by molar-refractivity contribution is -0.134. The number of methoxy groups -OCH3 is 1. The van der Waals surface area contributed by atoms with E-state index in [2.05, 4.69) is 60.4 Å². The van der Waals surface area contributed by atoms with E-state index in [0.29, 0.717) is 29.4 Å². The Morgan fingerprint density at radius 1 is 1.09 bits per heavy atom. The van der Waals surface area contributed by atoms with E-state index >= 15 is 0 Å². The molecule has 0 spiro atoms. The lowest BCUT2D eigenvalue weighted by atomic mass is 9.67. The van der Waals surface area contributed by atoms with Gasteiger partial charge in [-0.05, 0) is 73.8 Å². The summed E-state index contributed by atoms with van der Waals surface area (Å²) in [6, 6.07) is 10.8. The number of aliphatic hydroxyl groups is 3. The third-order valence-corrected chi connectivity index (χ3v) is 11.4. The van der Waals surface area contributed by atoms with E-state index in [1.807, 2.05) is 0 Å². The molecule has 8 nitrogen and oxygen atoms in total. The molecule has 1 saturated carbocycles. The molecule has 7 rings (SSSR count). The Morgan fingerprint density at radius 2 is 1.91 bits per heavy atom. The average molecular weight is 604 g/mol. The number of rotatable bonds is 6. The van der Waals surface area contributed by atoms with Crippen LogP contribution in [0, 0.1) is 35.5 Å². The molecule has 0 amide bonds. The zero-order chi connectivity index (χ0) is 30.5. The molecule has 1 aromatic carbocycles. The van der Waals surface area contributed by atoms with Gasteiger partial charge in [-0.2, -0.15) is 0 Å². The van der Waals surface area contributed by atoms with Crippen molar-refractivity contribution in [1.29, 1.82) is 0 Å². The normalized spacial score (nSPS) is 39.2. The van der Waals surface area contributed by atoms with Crippen molar-refractivity contribution in [3.8, 4) is 0 Å². The number of ether oxygens (including phenoxy) is 3. The molecule has 0 bridgehead atoms. The molecule has 8 heteroatoms. The first-order chi connectivity index (χ1) is 21.4. The third kappa shape index (κ3) is 4.85. The maximum Gasteiger partial charge on any atom is 0.345 e. The van der Waals surface area contributed by atoms with Gasteiger partial charge in [0.2, 0.25) is 5.76 Å². The Kier molecular flexibility index (Phi) is 8.20. The van der Waals surface area contributed by atoms with Gasteiger partial charge in [-0.25, -0.2) is 4.79 Å². The third-order valence-electron chi connectivity index (χ3n) is 11.4. The SMILES string of the molecule is COC1=C(CO)C(=O)OC1=C1OC2=CCCN3C(CC4C(c5ccccc5)CCC4C3C(O)C3C=CCC(C)C3)C2C1CO. The second kappa shape index (κ2) is 12.1. The van der Waals surface area contributed by atoms with Crippen LogP contribution in [0.15, 0.2) is 77.2 Å². The summed E-state index contributed by atoms with van der Waals surface area (Å²) in [7, 11) is 1.44. The summed E-state index contributed by atoms with van der Waals surface area (Å²) in [5.74, 6) is 2.02. The molecule has 10 unspecified atom stereocenters. The molecule has 236 valence electrons. The first kappa shape index (κ1) is 29.8. The molecule has 2 saturated heterocycles. The van der Waals surface area contributed by atoms with Crippen molar-refractivity contribution < 1.29 is 34.3 Å². The number of cyclic esters (lactones) is 1. The fraction of sp³-hybridized carbons (Fsp3) is 0.583. The quantitative estimate of drug-likeness (QED) is 0.324. The molecule has 3 N–H and O–H groups in total. The smallest absolute Gasteiger partial charge is 0.345 e. The van der Waals surface area contributed by atoms with Gasteiger partial charge in [-0.15, -0.1) is 0 Å². The number of aliphatic hydroxyl groups excluding tert-OH is 3. The Balaban J connectivity index is 1.30. The van der Waals surface area contributed by atoms with Crippen LogP contribution in [0.1, 0.15) is 56.9 Å². The largest absolute Gasteiger partial charge is 0.492 e. The van der Waals surface area contributed by atoms with Gasteiger partial charge in [-0.3, -0.25) is 4.90 Å². The van der Waals surface area contributed by atoms with Crippen LogP contribution in [0.5, 0.6) is 0 Å². The number of hydrogen-bond donors (Lipinski definition) is 3. The van der Waals surface area contributed by atoms with Crippen LogP contribution in [0.4, 0.5) is 0 Å². The molecule has 2 aliphatic carbocycles. The summed E-state index contributed by atoms with van der Waals surface area (Å²) < 4.78 is 17.6. The number of carbonyl (C=O) groups is 1. The number of allylic oxidation sites excluding steroid dienone is 1. The maximum absolute atomic E-state index is 12.6. The zero-order valence-corrected chi connectivity index (χ0v) is 25.7. The summed E-state index contributed by atoms with van der Waals surface area (Å²) in [5.41, 5.74) is 1.42. The molecular formula is C36H45NO7. The van der Waals surface area contributed by atoms with E-state index in [1.165, 1.54) is 12.7 Å². The predicted octanol–water partition coefficient (Wildman–Crippen LogP) is 4.41. The summed E-state index contributed by atoms with van der Waals surface area (Å²) >= 11 is 0. The molecule has 1 aromatic rings. The van der Waals surface area contributed by atoms with Crippen molar-refractivity contribution in [2.45, 2.75) is 69.6 Å². The minimum Gasteiger partial charge on any atom is -0.492 e. The van der Waals surface area contributed by atoms with Gasteiger partial charge in [0.15, 0.2) is 11.5 Å². The summed E-state index contributed by atoms with van der Waals surface area (Å²) in [6.07, 6.45) is 12.1. The van der Waals surface area contributed by atoms with Crippen molar-refractivity contribution in [2.75, 3.05) is 26.9 Å². The van der Waals surface area contributed by atoms with Crippen molar-refractivity contribution in [2.24, 2.45) is 35.5 Å². The van der Waals surface area contributed by atoms with Gasteiger partial charge in [0.05, 0.1) is 32.3 Å². The van der Waals surface area contributed by atoms with Gasteiger partial charge < -0.3 is 29.5 Å². The highest BCUT2D eigenvalue weighted by Crippen LogP contribution is 2.57. The number of hydrogen-bond acceptors (Lipinski definition) is 8. The number of benzene rings is 1. The van der Waals surface area contributed by atoms with Crippen LogP contribution >= 0.6 is 0 Å². The van der Waals surface area contributed by atoms with Crippen LogP contribution < -0.4 is 0 Å². The topological polar surface area (TPSA) is 109 Å². The first-order valence-corrected chi connectivity index (χ1v) is 16.4. The summed E-state index contributed by atoms with van der Waals surface area (Å²) in [4.78, 5) is 15.2. The fourth-order valence-electron chi connectivity index (χ4n) is 9.59. The van der Waals surface area contributed by atoms with Gasteiger partial charge >= 0.3 is 5.97 Å². The Hall–Kier alpha value is -2.91. The monoisotopic (exact) mass is 603 g/mol. The summed E-state index contributed by atoms with van der Waals surface area (Å²) in [6.45, 7) is 2.39. The molecule has 4 heterocycles. The second-order valence-corrected chi connectivity index (χ2v) is 13.7. The highest BCUT2D eigenvalue weighted by Gasteiger charge is 2.58. The van der Waals surface area contributed by atoms with E-state index in [9.17, 15) is 20.1 Å². The van der Waals surface area contributed by atoms with Crippen molar-refractivity contribution in [3.05, 3.63) is 82.7 Å². The standard InChI is InChI=1S/C36H45NO7/c1-20-8-6-11-22(16-20)32(40)31-24-14-13-23(21-9-4-3-5-10-21)25(24)17-28-30-26(18-38)34(43-29(30)12-7-15-37(28)31)35-33(42-2)27(19-39)36(41)44-35/h3-6,9-12,20,22-26,28,30-32,38-40H,7-8,13-19H2,1-2H3. The second-order valence-electron chi connectivity index (χ2n) is 13.7. The van der Waals surface area contributed by atoms with Crippen molar-refractivity contribution in [1.82, 2.24) is 4.90 Å². The highest BCUT2D eigenvalue weighted by atomic mass is 16.6. The molecule has 4 aliphatic heterocycles. The number of nitrogens with zero attached hydrogens (tertiary/aromatic N) is 1. The van der Waals surface area contributed by atoms with Gasteiger partial charge in [-0.1, -0.05) is 49.4 Å². The molecule has 10 atom stereocenters. The summed E-state index contributed by atoms with van der Waals surface area (Å²) in [5, 5.41) is 33.0. The van der Waals surface area contributed by atoms with Crippen LogP contribution in [0.3, 0.4) is 0 Å². The number of piperidine rings is 1. The molecule has 0 aromatic heterocycles. The predicted molar refractivity (Wildman–Crippen MR) is 163 cm³/mol. The first-order valence-electron chi connectivity index (χ1n) is 16.4. The lowest BCUT2D eigenvalue weighted by Crippen LogP contribution is -2.61. The lowest BCUT2D eigenvalue weighted by Gasteiger charge is -2.53. The van der Waals surface area contributed by atoms with Crippen LogP contribution in [0.2, 0.25) is 0 Å². The fourth-order valence-corrected chi connectivity index (χ4v) is 9.59. The van der Waals surface area contributed by atoms with Gasteiger partial charge in [0.1, 0.15) is 11.3 Å². The van der Waals surface area contributed by atoms with Gasteiger partial charge in [0, 0.05) is 30.5 Å². The number of fused-ring (bicyclic) bond motifs is 4. The number of carbonyl (C=O) groups excluding carboxylic acids is 1. The molecule has 3 fully saturated rings. The van der Waals surface area contributed by atoms with E-state index in [-0.39, 0.29) is 47.6 Å². The Labute approximate surface area is 259 Å². The minimum atomic E-state index is -0.662. The Bertz CT molecular complexity index is 1380. The minimum absolute atomic E-state index is 0.00376. The maximum atomic E-state index is 12.6. The highest BCUT2D eigenvalue weighted by molar-refractivity contribution is 5.94. The molecular weight excluding hydrogens is 558 g/mol. The van der Waals surface area contributed by atoms with Crippen LogP contribution in [0.25, 0.3) is 0 Å². The molecule has 0 radical (unpaired) electrons. The van der Waals surface area contributed by atoms with Crippen LogP contribution in [-0.2, 0) is 19.0 Å². The molecule has 44 heavy (non-hydrogen) atoms. The van der Waals surface area contributed by atoms with E-state index < -0.39 is 24.6 Å². The van der Waals surface area contributed by atoms with E-state index in [1.54, 1.807) is 0 Å². The zero-order valence-electron chi connectivity index (χ0n) is 25.7. The average Bonchev–Trinajstić information content (AvgIpc) is 3.69. The number of esters is 1. The Morgan fingerprint density at radius 3 is 2.64 bits per heavy atom. The van der Waals surface area contributed by atoms with Crippen molar-refractivity contribution in [3.63, 3.8) is 0 Å². The van der Waals surface area contributed by atoms with E-state index in [0.717, 1.165) is 50.8 Å². The van der Waals surface area contributed by atoms with Gasteiger partial charge in [0.25, 0.3) is 0 Å². The van der Waals surface area contributed by atoms with Crippen LogP contribution in [-0.4, -0.2) is 71.2 Å². The van der Waals surface area contributed by atoms with Crippen molar-refractivity contribution >= 4 is 5.97 Å². The molecule has 6 aliphatic rings.